The first-order valence-corrected chi connectivity index (χ1v) is 6.25. The van der Waals surface area contributed by atoms with Gasteiger partial charge in [0.15, 0.2) is 5.75 Å². The highest BCUT2D eigenvalue weighted by Gasteiger charge is 2.32. The molecular weight excluding hydrogens is 259 g/mol. The Morgan fingerprint density at radius 1 is 1.26 bits per heavy atom. The number of rotatable bonds is 4. The van der Waals surface area contributed by atoms with Crippen LogP contribution in [-0.2, 0) is 4.74 Å². The summed E-state index contributed by atoms with van der Waals surface area (Å²) in [5, 5.41) is 2.96. The molecule has 1 aliphatic rings. The molecule has 0 aromatic heterocycles. The normalized spacial score (nSPS) is 20.1. The summed E-state index contributed by atoms with van der Waals surface area (Å²) in [7, 11) is 0. The molecule has 0 bridgehead atoms. The molecule has 1 aromatic rings. The molecule has 1 atom stereocenters. The molecule has 3 nitrogen and oxygen atoms in total. The van der Waals surface area contributed by atoms with Gasteiger partial charge in [-0.25, -0.2) is 0 Å². The van der Waals surface area contributed by atoms with E-state index in [-0.39, 0.29) is 11.9 Å². The molecule has 0 radical (unpaired) electrons. The van der Waals surface area contributed by atoms with Crippen molar-refractivity contribution in [1.29, 1.82) is 0 Å². The van der Waals surface area contributed by atoms with Crippen molar-refractivity contribution in [2.24, 2.45) is 0 Å². The zero-order valence-electron chi connectivity index (χ0n) is 10.4. The van der Waals surface area contributed by atoms with Crippen molar-refractivity contribution in [1.82, 2.24) is 0 Å². The van der Waals surface area contributed by atoms with Gasteiger partial charge >= 0.3 is 6.36 Å². The van der Waals surface area contributed by atoms with Gasteiger partial charge < -0.3 is 14.8 Å². The number of alkyl halides is 3. The van der Waals surface area contributed by atoms with Gasteiger partial charge in [0.25, 0.3) is 0 Å². The molecule has 1 saturated heterocycles. The Bertz CT molecular complexity index is 403. The second-order valence-corrected chi connectivity index (χ2v) is 4.41. The largest absolute Gasteiger partial charge is 0.573 e. The van der Waals surface area contributed by atoms with Crippen LogP contribution in [0.2, 0.25) is 0 Å². The fraction of sp³-hybridized carbons (Fsp3) is 0.538. The number of benzene rings is 1. The van der Waals surface area contributed by atoms with E-state index < -0.39 is 6.36 Å². The minimum atomic E-state index is -4.68. The lowest BCUT2D eigenvalue weighted by molar-refractivity contribution is -0.274. The van der Waals surface area contributed by atoms with E-state index in [2.05, 4.69) is 10.1 Å². The zero-order valence-corrected chi connectivity index (χ0v) is 10.4. The second kappa shape index (κ2) is 6.14. The molecule has 1 fully saturated rings. The Morgan fingerprint density at radius 3 is 2.74 bits per heavy atom. The van der Waals surface area contributed by atoms with Crippen LogP contribution in [0.1, 0.15) is 19.3 Å². The maximum absolute atomic E-state index is 12.2. The lowest BCUT2D eigenvalue weighted by Gasteiger charge is -2.23. The Morgan fingerprint density at radius 2 is 2.05 bits per heavy atom. The van der Waals surface area contributed by atoms with Crippen LogP contribution in [0.5, 0.6) is 5.75 Å². The smallest absolute Gasteiger partial charge is 0.404 e. The summed E-state index contributed by atoms with van der Waals surface area (Å²) in [6.07, 6.45) is -1.57. The molecule has 1 N–H and O–H groups in total. The van der Waals surface area contributed by atoms with Crippen molar-refractivity contribution in [3.05, 3.63) is 24.3 Å². The predicted octanol–water partition coefficient (Wildman–Crippen LogP) is 3.57. The van der Waals surface area contributed by atoms with Crippen LogP contribution in [0, 0.1) is 0 Å². The van der Waals surface area contributed by atoms with E-state index in [1.165, 1.54) is 12.1 Å². The van der Waals surface area contributed by atoms with Crippen molar-refractivity contribution in [3.8, 4) is 5.75 Å². The quantitative estimate of drug-likeness (QED) is 0.911. The number of para-hydroxylation sites is 2. The number of nitrogens with one attached hydrogen (secondary N) is 1. The first-order chi connectivity index (χ1) is 9.04. The van der Waals surface area contributed by atoms with Crippen molar-refractivity contribution >= 4 is 5.69 Å². The average Bonchev–Trinajstić information content (AvgIpc) is 2.37. The molecule has 1 aliphatic heterocycles. The van der Waals surface area contributed by atoms with Gasteiger partial charge in [-0.1, -0.05) is 12.1 Å². The van der Waals surface area contributed by atoms with Gasteiger partial charge in [-0.05, 0) is 31.4 Å². The van der Waals surface area contributed by atoms with Crippen LogP contribution < -0.4 is 10.1 Å². The SMILES string of the molecule is FC(F)(F)Oc1ccccc1NCC1CCCCO1. The van der Waals surface area contributed by atoms with Crippen LogP contribution in [0.4, 0.5) is 18.9 Å². The Balaban J connectivity index is 1.95. The summed E-state index contributed by atoms with van der Waals surface area (Å²) in [6.45, 7) is 1.20. The van der Waals surface area contributed by atoms with Crippen molar-refractivity contribution in [2.75, 3.05) is 18.5 Å². The molecule has 0 amide bonds. The summed E-state index contributed by atoms with van der Waals surface area (Å²) < 4.78 is 46.2. The van der Waals surface area contributed by atoms with Crippen LogP contribution in [0.3, 0.4) is 0 Å². The summed E-state index contributed by atoms with van der Waals surface area (Å²) >= 11 is 0. The monoisotopic (exact) mass is 275 g/mol. The Kier molecular flexibility index (Phi) is 4.52. The second-order valence-electron chi connectivity index (χ2n) is 4.41. The topological polar surface area (TPSA) is 30.5 Å². The van der Waals surface area contributed by atoms with Gasteiger partial charge in [0.2, 0.25) is 0 Å². The molecule has 1 aromatic carbocycles. The lowest BCUT2D eigenvalue weighted by Crippen LogP contribution is -2.27. The molecule has 0 saturated carbocycles. The fourth-order valence-electron chi connectivity index (χ4n) is 2.02. The molecule has 1 unspecified atom stereocenters. The van der Waals surface area contributed by atoms with E-state index in [1.54, 1.807) is 12.1 Å². The number of hydrogen-bond acceptors (Lipinski definition) is 3. The molecule has 1 heterocycles. The molecular formula is C13H16F3NO2. The van der Waals surface area contributed by atoms with Gasteiger partial charge in [0, 0.05) is 13.2 Å². The van der Waals surface area contributed by atoms with Crippen LogP contribution >= 0.6 is 0 Å². The molecule has 19 heavy (non-hydrogen) atoms. The molecule has 0 aliphatic carbocycles. The van der Waals surface area contributed by atoms with Gasteiger partial charge in [-0.15, -0.1) is 13.2 Å². The van der Waals surface area contributed by atoms with Gasteiger partial charge in [0.1, 0.15) is 0 Å². The van der Waals surface area contributed by atoms with Crippen LogP contribution in [0.25, 0.3) is 0 Å². The first-order valence-electron chi connectivity index (χ1n) is 6.25. The third-order valence-electron chi connectivity index (χ3n) is 2.91. The van der Waals surface area contributed by atoms with E-state index >= 15 is 0 Å². The van der Waals surface area contributed by atoms with Crippen LogP contribution in [-0.4, -0.2) is 25.6 Å². The molecule has 6 heteroatoms. The number of anilines is 1. The summed E-state index contributed by atoms with van der Waals surface area (Å²) in [5.74, 6) is -0.217. The van der Waals surface area contributed by atoms with Gasteiger partial charge in [-0.2, -0.15) is 0 Å². The van der Waals surface area contributed by atoms with Crippen LogP contribution in [0.15, 0.2) is 24.3 Å². The maximum Gasteiger partial charge on any atom is 0.573 e. The number of halogens is 3. The summed E-state index contributed by atoms with van der Waals surface area (Å²) in [6, 6.07) is 6.01. The number of hydrogen-bond donors (Lipinski definition) is 1. The fourth-order valence-corrected chi connectivity index (χ4v) is 2.02. The summed E-state index contributed by atoms with van der Waals surface area (Å²) in [5.41, 5.74) is 0.328. The highest BCUT2D eigenvalue weighted by atomic mass is 19.4. The van der Waals surface area contributed by atoms with Crippen molar-refractivity contribution < 1.29 is 22.6 Å². The van der Waals surface area contributed by atoms with Gasteiger partial charge in [-0.3, -0.25) is 0 Å². The highest BCUT2D eigenvalue weighted by Crippen LogP contribution is 2.30. The maximum atomic E-state index is 12.2. The minimum absolute atomic E-state index is 0.0488. The third kappa shape index (κ3) is 4.63. The van der Waals surface area contributed by atoms with Crippen molar-refractivity contribution in [3.63, 3.8) is 0 Å². The van der Waals surface area contributed by atoms with E-state index in [4.69, 9.17) is 4.74 Å². The predicted molar refractivity (Wildman–Crippen MR) is 65.2 cm³/mol. The molecule has 0 spiro atoms. The molecule has 106 valence electrons. The lowest BCUT2D eigenvalue weighted by atomic mass is 10.1. The van der Waals surface area contributed by atoms with E-state index in [0.717, 1.165) is 19.3 Å². The number of ether oxygens (including phenoxy) is 2. The van der Waals surface area contributed by atoms with Gasteiger partial charge in [0.05, 0.1) is 11.8 Å². The Hall–Kier alpha value is -1.43. The standard InChI is InChI=1S/C13H16F3NO2/c14-13(15,16)19-12-7-2-1-6-11(12)17-9-10-5-3-4-8-18-10/h1-2,6-7,10,17H,3-5,8-9H2. The minimum Gasteiger partial charge on any atom is -0.404 e. The van der Waals surface area contributed by atoms with E-state index in [1.807, 2.05) is 0 Å². The first kappa shape index (κ1) is 14.0. The third-order valence-corrected chi connectivity index (χ3v) is 2.91. The van der Waals surface area contributed by atoms with E-state index in [0.29, 0.717) is 18.8 Å². The Labute approximate surface area is 109 Å². The summed E-state index contributed by atoms with van der Waals surface area (Å²) in [4.78, 5) is 0. The highest BCUT2D eigenvalue weighted by molar-refractivity contribution is 5.56. The zero-order chi connectivity index (χ0) is 13.7. The van der Waals surface area contributed by atoms with Crippen molar-refractivity contribution in [2.45, 2.75) is 31.7 Å². The average molecular weight is 275 g/mol. The molecule has 2 rings (SSSR count). The van der Waals surface area contributed by atoms with E-state index in [9.17, 15) is 13.2 Å².